The number of rotatable bonds is 6. The standard InChI is InChI=1S/C16H17N3O4S/c1-3-23-24(20,21)11-22-15-4-5-16-12(7-15)6-13(8-17-16)14-9-18-19(2)10-14/h4-10H,3,11H2,1-2H3. The molecule has 24 heavy (non-hydrogen) atoms. The summed E-state index contributed by atoms with van der Waals surface area (Å²) < 4.78 is 34.8. The normalized spacial score (nSPS) is 11.8. The van der Waals surface area contributed by atoms with E-state index in [1.165, 1.54) is 0 Å². The van der Waals surface area contributed by atoms with Crippen molar-refractivity contribution >= 4 is 21.0 Å². The lowest BCUT2D eigenvalue weighted by atomic mass is 10.1. The van der Waals surface area contributed by atoms with Crippen LogP contribution in [-0.2, 0) is 21.3 Å². The van der Waals surface area contributed by atoms with E-state index in [9.17, 15) is 8.42 Å². The van der Waals surface area contributed by atoms with Crippen molar-refractivity contribution in [3.05, 3.63) is 42.9 Å². The van der Waals surface area contributed by atoms with Crippen LogP contribution in [-0.4, -0.2) is 35.7 Å². The molecule has 0 saturated carbocycles. The number of hydrogen-bond acceptors (Lipinski definition) is 6. The van der Waals surface area contributed by atoms with E-state index < -0.39 is 16.1 Å². The molecule has 0 aliphatic heterocycles. The molecule has 0 aliphatic rings. The van der Waals surface area contributed by atoms with E-state index in [0.717, 1.165) is 22.0 Å². The van der Waals surface area contributed by atoms with Crippen molar-refractivity contribution in [2.45, 2.75) is 6.92 Å². The van der Waals surface area contributed by atoms with Crippen molar-refractivity contribution in [3.63, 3.8) is 0 Å². The van der Waals surface area contributed by atoms with Gasteiger partial charge in [-0.25, -0.2) is 0 Å². The van der Waals surface area contributed by atoms with Gasteiger partial charge in [-0.05, 0) is 31.2 Å². The Balaban J connectivity index is 1.86. The molecule has 7 nitrogen and oxygen atoms in total. The third-order valence-corrected chi connectivity index (χ3v) is 4.36. The average molecular weight is 347 g/mol. The van der Waals surface area contributed by atoms with Gasteiger partial charge in [0.2, 0.25) is 5.94 Å². The molecule has 0 unspecified atom stereocenters. The van der Waals surface area contributed by atoms with Crippen molar-refractivity contribution in [1.82, 2.24) is 14.8 Å². The summed E-state index contributed by atoms with van der Waals surface area (Å²) in [5.74, 6) is -0.0851. The van der Waals surface area contributed by atoms with Gasteiger partial charge in [0, 0.05) is 36.0 Å². The van der Waals surface area contributed by atoms with Crippen LogP contribution in [0.3, 0.4) is 0 Å². The van der Waals surface area contributed by atoms with Crippen LogP contribution in [0.1, 0.15) is 6.92 Å². The predicted octanol–water partition coefficient (Wildman–Crippen LogP) is 2.34. The molecule has 0 bridgehead atoms. The van der Waals surface area contributed by atoms with Crippen LogP contribution in [0.25, 0.3) is 22.0 Å². The van der Waals surface area contributed by atoms with Crippen LogP contribution in [0.2, 0.25) is 0 Å². The van der Waals surface area contributed by atoms with Gasteiger partial charge in [0.1, 0.15) is 5.75 Å². The zero-order valence-corrected chi connectivity index (χ0v) is 14.2. The number of nitrogens with zero attached hydrogens (tertiary/aromatic N) is 3. The Labute approximate surface area is 140 Å². The number of pyridine rings is 1. The van der Waals surface area contributed by atoms with Gasteiger partial charge >= 0.3 is 10.1 Å². The molecule has 2 heterocycles. The van der Waals surface area contributed by atoms with E-state index >= 15 is 0 Å². The Hall–Kier alpha value is -2.45. The van der Waals surface area contributed by atoms with Crippen molar-refractivity contribution in [2.24, 2.45) is 7.05 Å². The Bertz CT molecular complexity index is 966. The summed E-state index contributed by atoms with van der Waals surface area (Å²) >= 11 is 0. The first kappa shape index (κ1) is 16.4. The molecule has 0 N–H and O–H groups in total. The lowest BCUT2D eigenvalue weighted by Crippen LogP contribution is -2.15. The molecule has 0 saturated heterocycles. The molecule has 126 valence electrons. The van der Waals surface area contributed by atoms with Crippen LogP contribution in [0.15, 0.2) is 42.9 Å². The van der Waals surface area contributed by atoms with Crippen molar-refractivity contribution < 1.29 is 17.3 Å². The molecule has 8 heteroatoms. The van der Waals surface area contributed by atoms with Crippen LogP contribution < -0.4 is 4.74 Å². The second kappa shape index (κ2) is 6.58. The second-order valence-electron chi connectivity index (χ2n) is 5.21. The highest BCUT2D eigenvalue weighted by molar-refractivity contribution is 7.86. The fourth-order valence-corrected chi connectivity index (χ4v) is 2.99. The van der Waals surface area contributed by atoms with Gasteiger partial charge < -0.3 is 4.74 Å². The second-order valence-corrected chi connectivity index (χ2v) is 6.79. The molecule has 1 aromatic carbocycles. The number of aryl methyl sites for hydroxylation is 1. The summed E-state index contributed by atoms with van der Waals surface area (Å²) in [6, 6.07) is 7.18. The van der Waals surface area contributed by atoms with Crippen LogP contribution in [0.4, 0.5) is 0 Å². The van der Waals surface area contributed by atoms with E-state index in [0.29, 0.717) is 5.75 Å². The van der Waals surface area contributed by atoms with Gasteiger partial charge in [0.25, 0.3) is 0 Å². The number of benzene rings is 1. The van der Waals surface area contributed by atoms with Gasteiger partial charge in [0.05, 0.1) is 18.3 Å². The lowest BCUT2D eigenvalue weighted by Gasteiger charge is -2.08. The SMILES string of the molecule is CCOS(=O)(=O)COc1ccc2ncc(-c3cnn(C)c3)cc2c1. The quantitative estimate of drug-likeness (QED) is 0.637. The summed E-state index contributed by atoms with van der Waals surface area (Å²) in [6.07, 6.45) is 5.44. The minimum Gasteiger partial charge on any atom is -0.475 e. The minimum absolute atomic E-state index is 0.0851. The third kappa shape index (κ3) is 3.72. The van der Waals surface area contributed by atoms with E-state index in [1.54, 1.807) is 42.2 Å². The minimum atomic E-state index is -3.68. The van der Waals surface area contributed by atoms with E-state index in [4.69, 9.17) is 4.74 Å². The molecule has 2 aromatic heterocycles. The van der Waals surface area contributed by atoms with Gasteiger partial charge in [-0.15, -0.1) is 0 Å². The zero-order chi connectivity index (χ0) is 17.2. The first-order chi connectivity index (χ1) is 11.5. The first-order valence-electron chi connectivity index (χ1n) is 7.35. The zero-order valence-electron chi connectivity index (χ0n) is 13.3. The molecule has 0 amide bonds. The Kier molecular flexibility index (Phi) is 4.50. The molecule has 3 rings (SSSR count). The predicted molar refractivity (Wildman–Crippen MR) is 90.0 cm³/mol. The maximum atomic E-state index is 11.5. The van der Waals surface area contributed by atoms with Crippen LogP contribution in [0, 0.1) is 0 Å². The smallest absolute Gasteiger partial charge is 0.302 e. The maximum absolute atomic E-state index is 11.5. The highest BCUT2D eigenvalue weighted by atomic mass is 32.2. The molecular weight excluding hydrogens is 330 g/mol. The first-order valence-corrected chi connectivity index (χ1v) is 8.93. The summed E-state index contributed by atoms with van der Waals surface area (Å²) in [4.78, 5) is 4.41. The van der Waals surface area contributed by atoms with Gasteiger partial charge in [0.15, 0.2) is 0 Å². The molecule has 0 radical (unpaired) electrons. The fourth-order valence-electron chi connectivity index (χ4n) is 2.28. The monoisotopic (exact) mass is 347 g/mol. The number of aromatic nitrogens is 3. The van der Waals surface area contributed by atoms with Gasteiger partial charge in [-0.1, -0.05) is 0 Å². The summed E-state index contributed by atoms with van der Waals surface area (Å²) in [5, 5.41) is 5.00. The highest BCUT2D eigenvalue weighted by Crippen LogP contribution is 2.25. The maximum Gasteiger partial charge on any atom is 0.302 e. The number of fused-ring (bicyclic) bond motifs is 1. The number of hydrogen-bond donors (Lipinski definition) is 0. The molecule has 0 aliphatic carbocycles. The Morgan fingerprint density at radius 1 is 1.17 bits per heavy atom. The van der Waals surface area contributed by atoms with E-state index in [1.807, 2.05) is 19.3 Å². The van der Waals surface area contributed by atoms with E-state index in [-0.39, 0.29) is 6.61 Å². The Morgan fingerprint density at radius 3 is 2.71 bits per heavy atom. The van der Waals surface area contributed by atoms with Crippen molar-refractivity contribution in [3.8, 4) is 16.9 Å². The number of ether oxygens (including phenoxy) is 1. The van der Waals surface area contributed by atoms with Crippen molar-refractivity contribution in [2.75, 3.05) is 12.5 Å². The van der Waals surface area contributed by atoms with Crippen LogP contribution >= 0.6 is 0 Å². The topological polar surface area (TPSA) is 83.3 Å². The molecule has 0 spiro atoms. The molecule has 0 fully saturated rings. The summed E-state index contributed by atoms with van der Waals surface area (Å²) in [6.45, 7) is 1.70. The third-order valence-electron chi connectivity index (χ3n) is 3.36. The van der Waals surface area contributed by atoms with E-state index in [2.05, 4.69) is 14.3 Å². The lowest BCUT2D eigenvalue weighted by molar-refractivity contribution is 0.299. The fraction of sp³-hybridized carbons (Fsp3) is 0.250. The highest BCUT2D eigenvalue weighted by Gasteiger charge is 2.11. The Morgan fingerprint density at radius 2 is 2.00 bits per heavy atom. The summed E-state index contributed by atoms with van der Waals surface area (Å²) in [7, 11) is -1.83. The average Bonchev–Trinajstić information content (AvgIpc) is 2.99. The van der Waals surface area contributed by atoms with Crippen molar-refractivity contribution in [1.29, 1.82) is 0 Å². The van der Waals surface area contributed by atoms with Gasteiger partial charge in [-0.2, -0.15) is 13.5 Å². The van der Waals surface area contributed by atoms with Crippen LogP contribution in [0.5, 0.6) is 5.75 Å². The molecular formula is C16H17N3O4S. The molecule has 3 aromatic rings. The summed E-state index contributed by atoms with van der Waals surface area (Å²) in [5.41, 5.74) is 2.68. The largest absolute Gasteiger partial charge is 0.475 e. The molecule has 0 atom stereocenters. The van der Waals surface area contributed by atoms with Gasteiger partial charge in [-0.3, -0.25) is 13.8 Å².